The van der Waals surface area contributed by atoms with E-state index in [0.29, 0.717) is 26.4 Å². The Morgan fingerprint density at radius 3 is 0.587 bits per heavy atom. The van der Waals surface area contributed by atoms with E-state index in [1.165, 1.54) is 321 Å². The lowest BCUT2D eigenvalue weighted by atomic mass is 10.0. The highest BCUT2D eigenvalue weighted by molar-refractivity contribution is 7.47. The zero-order valence-corrected chi connectivity index (χ0v) is 63.3. The number of rotatable bonds is 82. The van der Waals surface area contributed by atoms with Gasteiger partial charge in [0, 0.05) is 26.4 Å². The van der Waals surface area contributed by atoms with Crippen LogP contribution in [0, 0.1) is 0 Å². The molecule has 0 radical (unpaired) electrons. The summed E-state index contributed by atoms with van der Waals surface area (Å²) in [7, 11) is -9.31. The van der Waals surface area contributed by atoms with Crippen LogP contribution < -0.4 is 0 Å². The number of aliphatic hydroxyl groups is 1. The molecule has 0 amide bonds. The van der Waals surface area contributed by atoms with Gasteiger partial charge in [0.1, 0.15) is 18.3 Å². The highest BCUT2D eigenvalue weighted by atomic mass is 31.2. The molecular formula is C77H158O13P2. The molecule has 0 aliphatic carbocycles. The molecule has 4 unspecified atom stereocenters. The summed E-state index contributed by atoms with van der Waals surface area (Å²) in [4.78, 5) is 21.3. The zero-order chi connectivity index (χ0) is 66.9. The molecule has 0 aliphatic heterocycles. The molecule has 0 aliphatic rings. The minimum atomic E-state index is -4.65. The normalized spacial score (nSPS) is 14.3. The second kappa shape index (κ2) is 75.2. The lowest BCUT2D eigenvalue weighted by Gasteiger charge is -2.22. The largest absolute Gasteiger partial charge is 0.472 e. The molecule has 0 aromatic rings. The van der Waals surface area contributed by atoms with Gasteiger partial charge >= 0.3 is 15.6 Å². The van der Waals surface area contributed by atoms with Gasteiger partial charge in [-0.05, 0) is 25.7 Å². The second-order valence-corrected chi connectivity index (χ2v) is 30.6. The number of phosphoric acid groups is 2. The molecule has 0 saturated heterocycles. The Bertz CT molecular complexity index is 1390. The van der Waals surface area contributed by atoms with Gasteiger partial charge in [-0.2, -0.15) is 0 Å². The molecule has 0 fully saturated rings. The second-order valence-electron chi connectivity index (χ2n) is 27.7. The molecule has 15 heteroatoms. The summed E-state index contributed by atoms with van der Waals surface area (Å²) in [6.45, 7) is 9.85. The minimum absolute atomic E-state index is 0.219. The van der Waals surface area contributed by atoms with Gasteiger partial charge in [0.05, 0.1) is 39.6 Å². The van der Waals surface area contributed by atoms with Crippen LogP contribution in [0.1, 0.15) is 413 Å². The Balaban J connectivity index is 4.95. The molecule has 0 heterocycles. The maximum absolute atomic E-state index is 13.1. The van der Waals surface area contributed by atoms with Crippen molar-refractivity contribution in [3.8, 4) is 0 Å². The van der Waals surface area contributed by atoms with Crippen LogP contribution in [0.25, 0.3) is 0 Å². The predicted molar refractivity (Wildman–Crippen MR) is 390 cm³/mol. The van der Waals surface area contributed by atoms with Gasteiger partial charge in [-0.25, -0.2) is 9.13 Å². The van der Waals surface area contributed by atoms with Gasteiger partial charge in [-0.15, -0.1) is 0 Å². The van der Waals surface area contributed by atoms with E-state index in [-0.39, 0.29) is 26.4 Å². The molecular weight excluding hydrogens is 1190 g/mol. The van der Waals surface area contributed by atoms with E-state index >= 15 is 0 Å². The van der Waals surface area contributed by atoms with Gasteiger partial charge in [0.15, 0.2) is 0 Å². The first-order valence-electron chi connectivity index (χ1n) is 40.4. The van der Waals surface area contributed by atoms with Gasteiger partial charge in [-0.3, -0.25) is 18.1 Å². The Hall–Kier alpha value is 0.0200. The number of aliphatic hydroxyl groups excluding tert-OH is 1. The molecule has 554 valence electrons. The molecule has 0 aromatic heterocycles. The average molecular weight is 1350 g/mol. The summed E-state index contributed by atoms with van der Waals surface area (Å²) >= 11 is 0. The van der Waals surface area contributed by atoms with Crippen molar-refractivity contribution in [3.05, 3.63) is 0 Å². The van der Waals surface area contributed by atoms with Crippen LogP contribution in [0.4, 0.5) is 0 Å². The summed E-state index contributed by atoms with van der Waals surface area (Å²) in [6.07, 6.45) is 74.5. The Morgan fingerprint density at radius 2 is 0.391 bits per heavy atom. The maximum atomic E-state index is 13.1. The third-order valence-corrected chi connectivity index (χ3v) is 20.2. The van der Waals surface area contributed by atoms with Gasteiger partial charge < -0.3 is 33.8 Å². The quantitative estimate of drug-likeness (QED) is 0.0389. The number of hydrogen-bond donors (Lipinski definition) is 3. The number of ether oxygens (including phenoxy) is 4. The fourth-order valence-electron chi connectivity index (χ4n) is 12.2. The van der Waals surface area contributed by atoms with E-state index in [4.69, 9.17) is 37.0 Å². The predicted octanol–water partition coefficient (Wildman–Crippen LogP) is 24.9. The first-order chi connectivity index (χ1) is 45.1. The van der Waals surface area contributed by atoms with E-state index in [1.807, 2.05) is 0 Å². The van der Waals surface area contributed by atoms with E-state index in [2.05, 4.69) is 27.7 Å². The lowest BCUT2D eigenvalue weighted by Crippen LogP contribution is -2.27. The number of phosphoric ester groups is 2. The van der Waals surface area contributed by atoms with Crippen LogP contribution in [0.15, 0.2) is 0 Å². The van der Waals surface area contributed by atoms with Gasteiger partial charge in [0.2, 0.25) is 0 Å². The smallest absolute Gasteiger partial charge is 0.388 e. The molecule has 0 bridgehead atoms. The van der Waals surface area contributed by atoms with E-state index in [1.54, 1.807) is 0 Å². The fourth-order valence-corrected chi connectivity index (χ4v) is 13.7. The first kappa shape index (κ1) is 92.0. The summed E-state index contributed by atoms with van der Waals surface area (Å²) in [6, 6.07) is 0. The lowest BCUT2D eigenvalue weighted by molar-refractivity contribution is -0.0484. The third kappa shape index (κ3) is 74.2. The van der Waals surface area contributed by atoms with Crippen LogP contribution in [-0.4, -0.2) is 99.3 Å². The summed E-state index contributed by atoms with van der Waals surface area (Å²) < 4.78 is 71.6. The van der Waals surface area contributed by atoms with Crippen molar-refractivity contribution in [2.75, 3.05) is 66.1 Å². The SMILES string of the molecule is CCCCCCCCCCCCCCCCCOCC(COP(=O)(O)OCC(O)COP(=O)(O)OCC(COCCCCCCCCCCCCCCCCC)OCCCCCCCCCCCCCCCCC)OCCCCCCCCCCCCCCCCC. The maximum Gasteiger partial charge on any atom is 0.472 e. The van der Waals surface area contributed by atoms with Crippen LogP contribution >= 0.6 is 15.6 Å². The number of unbranched alkanes of at least 4 members (excludes halogenated alkanes) is 56. The highest BCUT2D eigenvalue weighted by Crippen LogP contribution is 2.45. The minimum Gasteiger partial charge on any atom is -0.388 e. The Labute approximate surface area is 571 Å². The molecule has 3 N–H and O–H groups in total. The van der Waals surface area contributed by atoms with Crippen LogP contribution in [-0.2, 0) is 46.2 Å². The summed E-state index contributed by atoms with van der Waals surface area (Å²) in [5.74, 6) is 0. The van der Waals surface area contributed by atoms with Crippen molar-refractivity contribution < 1.29 is 61.1 Å². The topological polar surface area (TPSA) is 169 Å². The molecule has 0 spiro atoms. The first-order valence-corrected chi connectivity index (χ1v) is 43.4. The standard InChI is InChI=1S/C77H158O13P2/c1-5-9-13-17-21-25-29-33-37-41-45-49-53-57-61-65-83-71-76(85-67-63-59-55-51-47-43-39-35-31-27-23-19-15-11-7-3)73-89-91(79,80)87-69-75(78)70-88-92(81,82)90-74-77(86-68-64-60-56-52-48-44-40-36-32-28-24-20-16-12-8-4)72-84-66-62-58-54-50-46-42-38-34-30-26-22-18-14-10-6-2/h75-78H,5-74H2,1-4H3,(H,79,80)(H,81,82). The summed E-state index contributed by atoms with van der Waals surface area (Å²) in [5.41, 5.74) is 0. The van der Waals surface area contributed by atoms with E-state index in [0.717, 1.165) is 64.2 Å². The van der Waals surface area contributed by atoms with Gasteiger partial charge in [0.25, 0.3) is 0 Å². The number of hydrogen-bond acceptors (Lipinski definition) is 11. The Kier molecular flexibility index (Phi) is 75.2. The molecule has 4 atom stereocenters. The van der Waals surface area contributed by atoms with Crippen molar-refractivity contribution in [1.82, 2.24) is 0 Å². The van der Waals surface area contributed by atoms with E-state index in [9.17, 15) is 24.0 Å². The summed E-state index contributed by atoms with van der Waals surface area (Å²) in [5, 5.41) is 10.7. The van der Waals surface area contributed by atoms with Crippen LogP contribution in [0.3, 0.4) is 0 Å². The monoisotopic (exact) mass is 1350 g/mol. The van der Waals surface area contributed by atoms with Crippen molar-refractivity contribution in [3.63, 3.8) is 0 Å². The average Bonchev–Trinajstić information content (AvgIpc) is 3.51. The third-order valence-electron chi connectivity index (χ3n) is 18.3. The molecule has 0 saturated carbocycles. The van der Waals surface area contributed by atoms with Crippen LogP contribution in [0.5, 0.6) is 0 Å². The van der Waals surface area contributed by atoms with Crippen LogP contribution in [0.2, 0.25) is 0 Å². The highest BCUT2D eigenvalue weighted by Gasteiger charge is 2.29. The van der Waals surface area contributed by atoms with Gasteiger partial charge in [-0.1, -0.05) is 387 Å². The Morgan fingerprint density at radius 1 is 0.228 bits per heavy atom. The fraction of sp³-hybridized carbons (Fsp3) is 1.00. The van der Waals surface area contributed by atoms with E-state index < -0.39 is 47.2 Å². The van der Waals surface area contributed by atoms with Crippen molar-refractivity contribution >= 4 is 15.6 Å². The molecule has 0 rings (SSSR count). The molecule has 0 aromatic carbocycles. The molecule has 92 heavy (non-hydrogen) atoms. The molecule has 13 nitrogen and oxygen atoms in total. The zero-order valence-electron chi connectivity index (χ0n) is 61.5. The van der Waals surface area contributed by atoms with Crippen molar-refractivity contribution in [1.29, 1.82) is 0 Å². The van der Waals surface area contributed by atoms with Crippen molar-refractivity contribution in [2.45, 2.75) is 431 Å². The van der Waals surface area contributed by atoms with Crippen molar-refractivity contribution in [2.24, 2.45) is 0 Å².